The van der Waals surface area contributed by atoms with E-state index in [9.17, 15) is 13.2 Å². The summed E-state index contributed by atoms with van der Waals surface area (Å²) in [6, 6.07) is 5.14. The lowest BCUT2D eigenvalue weighted by molar-refractivity contribution is -0.137. The Morgan fingerprint density at radius 2 is 2.14 bits per heavy atom. The molecule has 0 spiro atoms. The number of rotatable bonds is 6. The van der Waals surface area contributed by atoms with Gasteiger partial charge in [-0.25, -0.2) is 13.1 Å². The Bertz CT molecular complexity index is 783. The molecule has 2 rings (SSSR count). The Morgan fingerprint density at radius 1 is 1.43 bits per heavy atom. The highest BCUT2D eigenvalue weighted by Crippen LogP contribution is 2.35. The normalized spacial score (nSPS) is 11.9. The molecule has 2 N–H and O–H groups in total. The standard InChI is InChI=1S/C13H14ClNO4S2/c1-8-13(10-7-9(14)4-5-11(10)20-8)21(18,19)15-6-2-3-12(16)17/h4-5,7,15H,2-3,6H2,1H3,(H,16,17). The fourth-order valence-corrected chi connectivity index (χ4v) is 5.05. The second kappa shape index (κ2) is 6.31. The van der Waals surface area contributed by atoms with Gasteiger partial charge in [-0.2, -0.15) is 0 Å². The fraction of sp³-hybridized carbons (Fsp3) is 0.308. The minimum Gasteiger partial charge on any atom is -0.481 e. The number of aryl methyl sites for hydroxylation is 1. The van der Waals surface area contributed by atoms with Crippen molar-refractivity contribution < 1.29 is 18.3 Å². The molecule has 0 saturated carbocycles. The zero-order chi connectivity index (χ0) is 15.6. The summed E-state index contributed by atoms with van der Waals surface area (Å²) in [6.07, 6.45) is 0.175. The number of thiophene rings is 1. The van der Waals surface area contributed by atoms with Gasteiger partial charge >= 0.3 is 5.97 Å². The number of carboxylic acids is 1. The van der Waals surface area contributed by atoms with Crippen molar-refractivity contribution >= 4 is 49.0 Å². The number of fused-ring (bicyclic) bond motifs is 1. The van der Waals surface area contributed by atoms with Crippen LogP contribution in [0.2, 0.25) is 5.02 Å². The van der Waals surface area contributed by atoms with E-state index >= 15 is 0 Å². The summed E-state index contributed by atoms with van der Waals surface area (Å²) in [5, 5.41) is 9.62. The van der Waals surface area contributed by atoms with Crippen LogP contribution in [-0.4, -0.2) is 26.0 Å². The van der Waals surface area contributed by atoms with Crippen LogP contribution in [0.3, 0.4) is 0 Å². The Balaban J connectivity index is 2.29. The number of hydrogen-bond acceptors (Lipinski definition) is 4. The summed E-state index contributed by atoms with van der Waals surface area (Å²) in [7, 11) is -3.68. The number of aliphatic carboxylic acids is 1. The third-order valence-corrected chi connectivity index (χ3v) is 6.00. The molecule has 0 bridgehead atoms. The first-order chi connectivity index (χ1) is 9.81. The monoisotopic (exact) mass is 347 g/mol. The quantitative estimate of drug-likeness (QED) is 0.787. The minimum atomic E-state index is -3.68. The maximum Gasteiger partial charge on any atom is 0.303 e. The molecule has 0 atom stereocenters. The third kappa shape index (κ3) is 3.74. The highest BCUT2D eigenvalue weighted by molar-refractivity contribution is 7.90. The lowest BCUT2D eigenvalue weighted by Crippen LogP contribution is -2.25. The molecule has 114 valence electrons. The molecule has 0 saturated heterocycles. The summed E-state index contributed by atoms with van der Waals surface area (Å²) in [5.41, 5.74) is 0. The van der Waals surface area contributed by atoms with Crippen molar-refractivity contribution in [1.29, 1.82) is 0 Å². The van der Waals surface area contributed by atoms with Crippen LogP contribution in [0.1, 0.15) is 17.7 Å². The highest BCUT2D eigenvalue weighted by atomic mass is 35.5. The topological polar surface area (TPSA) is 83.5 Å². The number of sulfonamides is 1. The van der Waals surface area contributed by atoms with Crippen LogP contribution in [0.15, 0.2) is 23.1 Å². The Morgan fingerprint density at radius 3 is 2.81 bits per heavy atom. The van der Waals surface area contributed by atoms with E-state index in [0.717, 1.165) is 4.70 Å². The van der Waals surface area contributed by atoms with Gasteiger partial charge in [0.2, 0.25) is 10.0 Å². The maximum atomic E-state index is 12.4. The highest BCUT2D eigenvalue weighted by Gasteiger charge is 2.22. The van der Waals surface area contributed by atoms with Crippen molar-refractivity contribution in [3.63, 3.8) is 0 Å². The van der Waals surface area contributed by atoms with Gasteiger partial charge in [0.25, 0.3) is 0 Å². The van der Waals surface area contributed by atoms with Crippen LogP contribution in [0.5, 0.6) is 0 Å². The maximum absolute atomic E-state index is 12.4. The van der Waals surface area contributed by atoms with E-state index < -0.39 is 16.0 Å². The van der Waals surface area contributed by atoms with Crippen molar-refractivity contribution in [2.45, 2.75) is 24.7 Å². The van der Waals surface area contributed by atoms with Crippen molar-refractivity contribution in [3.05, 3.63) is 28.1 Å². The molecule has 0 aliphatic rings. The Hall–Kier alpha value is -1.15. The second-order valence-electron chi connectivity index (χ2n) is 4.52. The number of nitrogens with one attached hydrogen (secondary N) is 1. The van der Waals surface area contributed by atoms with Gasteiger partial charge in [-0.3, -0.25) is 4.79 Å². The van der Waals surface area contributed by atoms with Crippen molar-refractivity contribution in [2.75, 3.05) is 6.54 Å². The van der Waals surface area contributed by atoms with Crippen LogP contribution >= 0.6 is 22.9 Å². The Kier molecular flexibility index (Phi) is 4.88. The summed E-state index contributed by atoms with van der Waals surface area (Å²) < 4.78 is 28.1. The SMILES string of the molecule is Cc1sc2ccc(Cl)cc2c1S(=O)(=O)NCCCC(=O)O. The first-order valence-corrected chi connectivity index (χ1v) is 8.89. The van der Waals surface area contributed by atoms with Crippen molar-refractivity contribution in [2.24, 2.45) is 0 Å². The van der Waals surface area contributed by atoms with Gasteiger partial charge in [0.15, 0.2) is 0 Å². The number of halogens is 1. The molecule has 0 radical (unpaired) electrons. The minimum absolute atomic E-state index is 0.0717. The zero-order valence-electron chi connectivity index (χ0n) is 11.2. The van der Waals surface area contributed by atoms with E-state index in [1.165, 1.54) is 11.3 Å². The van der Waals surface area contributed by atoms with Crippen LogP contribution in [0.4, 0.5) is 0 Å². The summed E-state index contributed by atoms with van der Waals surface area (Å²) in [5.74, 6) is -0.946. The van der Waals surface area contributed by atoms with Crippen molar-refractivity contribution in [3.8, 4) is 0 Å². The van der Waals surface area contributed by atoms with Crippen LogP contribution < -0.4 is 4.72 Å². The van der Waals surface area contributed by atoms with E-state index in [-0.39, 0.29) is 24.3 Å². The molecule has 0 fully saturated rings. The number of benzene rings is 1. The second-order valence-corrected chi connectivity index (χ2v) is 7.92. The molecule has 1 aromatic carbocycles. The predicted octanol–water partition coefficient (Wildman–Crippen LogP) is 3.01. The van der Waals surface area contributed by atoms with Crippen LogP contribution in [-0.2, 0) is 14.8 Å². The lowest BCUT2D eigenvalue weighted by Gasteiger charge is -2.06. The van der Waals surface area contributed by atoms with Gasteiger partial charge in [-0.15, -0.1) is 11.3 Å². The largest absolute Gasteiger partial charge is 0.481 e. The lowest BCUT2D eigenvalue weighted by atomic mass is 10.2. The van der Waals surface area contributed by atoms with E-state index in [2.05, 4.69) is 4.72 Å². The zero-order valence-corrected chi connectivity index (χ0v) is 13.6. The van der Waals surface area contributed by atoms with Gasteiger partial charge in [0.05, 0.1) is 0 Å². The molecule has 0 amide bonds. The van der Waals surface area contributed by atoms with E-state index in [1.54, 1.807) is 25.1 Å². The van der Waals surface area contributed by atoms with E-state index in [1.807, 2.05) is 0 Å². The van der Waals surface area contributed by atoms with Gasteiger partial charge in [-0.05, 0) is 31.5 Å². The molecule has 8 heteroatoms. The molecule has 0 aliphatic carbocycles. The fourth-order valence-electron chi connectivity index (χ4n) is 2.02. The van der Waals surface area contributed by atoms with Gasteiger partial charge < -0.3 is 5.11 Å². The van der Waals surface area contributed by atoms with Crippen LogP contribution in [0, 0.1) is 6.92 Å². The summed E-state index contributed by atoms with van der Waals surface area (Å²) >= 11 is 7.32. The summed E-state index contributed by atoms with van der Waals surface area (Å²) in [4.78, 5) is 11.3. The van der Waals surface area contributed by atoms with Gasteiger partial charge in [-0.1, -0.05) is 11.6 Å². The molecule has 5 nitrogen and oxygen atoms in total. The van der Waals surface area contributed by atoms with Gasteiger partial charge in [0, 0.05) is 33.0 Å². The number of hydrogen-bond donors (Lipinski definition) is 2. The molecular weight excluding hydrogens is 334 g/mol. The Labute approximate surface area is 131 Å². The molecule has 0 aliphatic heterocycles. The van der Waals surface area contributed by atoms with E-state index in [4.69, 9.17) is 16.7 Å². The number of carbonyl (C=O) groups is 1. The molecule has 2 aromatic rings. The van der Waals surface area contributed by atoms with Gasteiger partial charge in [0.1, 0.15) is 4.90 Å². The molecule has 0 unspecified atom stereocenters. The van der Waals surface area contributed by atoms with E-state index in [0.29, 0.717) is 15.3 Å². The third-order valence-electron chi connectivity index (χ3n) is 2.90. The summed E-state index contributed by atoms with van der Waals surface area (Å²) in [6.45, 7) is 1.83. The smallest absolute Gasteiger partial charge is 0.303 e. The number of carboxylic acid groups (broad SMARTS) is 1. The first-order valence-electron chi connectivity index (χ1n) is 6.21. The average Bonchev–Trinajstić information content (AvgIpc) is 2.70. The first kappa shape index (κ1) is 16.2. The van der Waals surface area contributed by atoms with Crippen LogP contribution in [0.25, 0.3) is 10.1 Å². The molecule has 1 heterocycles. The predicted molar refractivity (Wildman–Crippen MR) is 83.6 cm³/mol. The average molecular weight is 348 g/mol. The molecule has 1 aromatic heterocycles. The van der Waals surface area contributed by atoms with Crippen molar-refractivity contribution in [1.82, 2.24) is 4.72 Å². The molecular formula is C13H14ClNO4S2. The molecule has 21 heavy (non-hydrogen) atoms.